The second kappa shape index (κ2) is 8.94. The zero-order valence-corrected chi connectivity index (χ0v) is 18.2. The van der Waals surface area contributed by atoms with Crippen LogP contribution in [-0.2, 0) is 14.8 Å². The van der Waals surface area contributed by atoms with Gasteiger partial charge in [0.05, 0.1) is 25.8 Å². The van der Waals surface area contributed by atoms with E-state index in [2.05, 4.69) is 10.3 Å². The number of H-pyrrole nitrogens is 2. The third-order valence-electron chi connectivity index (χ3n) is 5.09. The summed E-state index contributed by atoms with van der Waals surface area (Å²) in [6.45, 7) is 1.40. The summed E-state index contributed by atoms with van der Waals surface area (Å²) in [5.74, 6) is -0.0540. The number of anilines is 1. The molecule has 168 valence electrons. The lowest BCUT2D eigenvalue weighted by Crippen LogP contribution is -2.45. The third kappa shape index (κ3) is 4.64. The van der Waals surface area contributed by atoms with Crippen molar-refractivity contribution in [2.24, 2.45) is 5.92 Å². The fourth-order valence-electron chi connectivity index (χ4n) is 3.55. The van der Waals surface area contributed by atoms with Gasteiger partial charge in [-0.2, -0.15) is 4.31 Å². The Morgan fingerprint density at radius 1 is 1.19 bits per heavy atom. The minimum absolute atomic E-state index is 0.0542. The topological polar surface area (TPSA) is 151 Å². The first-order valence-electron chi connectivity index (χ1n) is 9.53. The van der Waals surface area contributed by atoms with E-state index in [0.717, 1.165) is 4.31 Å². The lowest BCUT2D eigenvalue weighted by atomic mass is 9.98. The Bertz CT molecular complexity index is 1200. The van der Waals surface area contributed by atoms with E-state index in [4.69, 9.17) is 9.47 Å². The normalized spacial score (nSPS) is 17.2. The molecule has 2 heterocycles. The van der Waals surface area contributed by atoms with Gasteiger partial charge in [-0.3, -0.25) is 14.6 Å². The molecule has 2 aromatic rings. The number of rotatable bonds is 6. The molecule has 1 aromatic carbocycles. The number of aromatic nitrogens is 2. The van der Waals surface area contributed by atoms with Crippen molar-refractivity contribution in [3.05, 3.63) is 44.7 Å². The van der Waals surface area contributed by atoms with Crippen molar-refractivity contribution < 1.29 is 22.7 Å². The number of aromatic amines is 2. The van der Waals surface area contributed by atoms with Crippen LogP contribution in [0.3, 0.4) is 0 Å². The zero-order chi connectivity index (χ0) is 22.8. The molecule has 3 N–H and O–H groups in total. The summed E-state index contributed by atoms with van der Waals surface area (Å²) >= 11 is 0. The molecule has 0 radical (unpaired) electrons. The van der Waals surface area contributed by atoms with E-state index in [1.54, 1.807) is 18.2 Å². The van der Waals surface area contributed by atoms with Gasteiger partial charge in [0.15, 0.2) is 4.90 Å². The Kier molecular flexibility index (Phi) is 6.51. The van der Waals surface area contributed by atoms with Crippen LogP contribution in [0.15, 0.2) is 32.7 Å². The molecule has 1 atom stereocenters. The van der Waals surface area contributed by atoms with Crippen molar-refractivity contribution in [1.82, 2.24) is 14.3 Å². The van der Waals surface area contributed by atoms with Gasteiger partial charge >= 0.3 is 5.69 Å². The Balaban J connectivity index is 1.83. The molecule has 12 heteroatoms. The molecule has 0 spiro atoms. The number of nitrogens with zero attached hydrogens (tertiary/aromatic N) is 1. The number of piperidine rings is 1. The average Bonchev–Trinajstić information content (AvgIpc) is 2.72. The lowest BCUT2D eigenvalue weighted by Gasteiger charge is -2.31. The molecule has 1 saturated heterocycles. The Labute approximate surface area is 178 Å². The van der Waals surface area contributed by atoms with Gasteiger partial charge in [0.2, 0.25) is 15.9 Å². The predicted molar refractivity (Wildman–Crippen MR) is 112 cm³/mol. The van der Waals surface area contributed by atoms with Crippen LogP contribution in [0.2, 0.25) is 0 Å². The van der Waals surface area contributed by atoms with Crippen LogP contribution in [0.5, 0.6) is 11.5 Å². The Morgan fingerprint density at radius 3 is 2.58 bits per heavy atom. The maximum atomic E-state index is 13.1. The van der Waals surface area contributed by atoms with E-state index in [1.807, 2.05) is 4.98 Å². The van der Waals surface area contributed by atoms with E-state index >= 15 is 0 Å². The van der Waals surface area contributed by atoms with Crippen molar-refractivity contribution in [1.29, 1.82) is 0 Å². The molecule has 0 saturated carbocycles. The molecule has 1 amide bonds. The van der Waals surface area contributed by atoms with Crippen LogP contribution in [0, 0.1) is 12.8 Å². The predicted octanol–water partition coefficient (Wildman–Crippen LogP) is 0.428. The fourth-order valence-corrected chi connectivity index (χ4v) is 5.28. The van der Waals surface area contributed by atoms with E-state index in [0.29, 0.717) is 30.0 Å². The highest BCUT2D eigenvalue weighted by atomic mass is 32.2. The maximum absolute atomic E-state index is 13.1. The summed E-state index contributed by atoms with van der Waals surface area (Å²) < 4.78 is 37.7. The van der Waals surface area contributed by atoms with Gasteiger partial charge in [-0.1, -0.05) is 0 Å². The van der Waals surface area contributed by atoms with Crippen LogP contribution >= 0.6 is 0 Å². The maximum Gasteiger partial charge on any atom is 0.325 e. The SMILES string of the molecule is COc1ccc(OC)c(NC(=O)C2CCCN(S(=O)(=O)c3c(C)[nH]c(=O)[nH]c3=O)C2)c1. The molecule has 1 unspecified atom stereocenters. The molecule has 31 heavy (non-hydrogen) atoms. The number of benzene rings is 1. The fraction of sp³-hybridized carbons (Fsp3) is 0.421. The molecule has 11 nitrogen and oxygen atoms in total. The molecule has 1 aromatic heterocycles. The van der Waals surface area contributed by atoms with Crippen molar-refractivity contribution >= 4 is 21.6 Å². The number of amides is 1. The molecular weight excluding hydrogens is 428 g/mol. The number of carbonyl (C=O) groups is 1. The van der Waals surface area contributed by atoms with Gasteiger partial charge in [0.1, 0.15) is 11.5 Å². The van der Waals surface area contributed by atoms with E-state index in [1.165, 1.54) is 21.1 Å². The van der Waals surface area contributed by atoms with Crippen LogP contribution in [-0.4, -0.2) is 55.9 Å². The van der Waals surface area contributed by atoms with Gasteiger partial charge in [-0.05, 0) is 31.9 Å². The van der Waals surface area contributed by atoms with Crippen molar-refractivity contribution in [3.63, 3.8) is 0 Å². The molecule has 1 aliphatic rings. The zero-order valence-electron chi connectivity index (χ0n) is 17.4. The number of ether oxygens (including phenoxy) is 2. The number of hydrogen-bond acceptors (Lipinski definition) is 7. The van der Waals surface area contributed by atoms with Crippen molar-refractivity contribution in [2.75, 3.05) is 32.6 Å². The summed E-state index contributed by atoms with van der Waals surface area (Å²) in [5.41, 5.74) is -1.43. The lowest BCUT2D eigenvalue weighted by molar-refractivity contribution is -0.120. The molecule has 1 fully saturated rings. The Hall–Kier alpha value is -3.12. The standard InChI is InChI=1S/C19H24N4O7S/c1-11-16(18(25)22-19(26)20-11)31(27,28)23-8-4-5-12(10-23)17(24)21-14-9-13(29-2)6-7-15(14)30-3/h6-7,9,12H,4-5,8,10H2,1-3H3,(H,21,24)(H2,20,22,25,26). The largest absolute Gasteiger partial charge is 0.497 e. The van der Waals surface area contributed by atoms with Crippen molar-refractivity contribution in [3.8, 4) is 11.5 Å². The highest BCUT2D eigenvalue weighted by Gasteiger charge is 2.36. The van der Waals surface area contributed by atoms with E-state index in [-0.39, 0.29) is 24.7 Å². The third-order valence-corrected chi connectivity index (χ3v) is 7.11. The number of methoxy groups -OCH3 is 2. The number of hydrogen-bond donors (Lipinski definition) is 3. The quantitative estimate of drug-likeness (QED) is 0.575. The number of carbonyl (C=O) groups excluding carboxylic acids is 1. The highest BCUT2D eigenvalue weighted by molar-refractivity contribution is 7.89. The molecule has 3 rings (SSSR count). The first-order valence-corrected chi connectivity index (χ1v) is 11.0. The van der Waals surface area contributed by atoms with Crippen LogP contribution in [0.25, 0.3) is 0 Å². The van der Waals surface area contributed by atoms with E-state index in [9.17, 15) is 22.8 Å². The van der Waals surface area contributed by atoms with Crippen molar-refractivity contribution in [2.45, 2.75) is 24.7 Å². The minimum atomic E-state index is -4.21. The second-order valence-electron chi connectivity index (χ2n) is 7.12. The summed E-state index contributed by atoms with van der Waals surface area (Å²) in [6.07, 6.45) is 0.915. The summed E-state index contributed by atoms with van der Waals surface area (Å²) in [6, 6.07) is 4.95. The van der Waals surface area contributed by atoms with Gasteiger partial charge < -0.3 is 19.8 Å². The monoisotopic (exact) mass is 452 g/mol. The summed E-state index contributed by atoms with van der Waals surface area (Å²) in [7, 11) is -1.24. The van der Waals surface area contributed by atoms with Crippen LogP contribution in [0.4, 0.5) is 5.69 Å². The van der Waals surface area contributed by atoms with Crippen LogP contribution in [0.1, 0.15) is 18.5 Å². The average molecular weight is 452 g/mol. The van der Waals surface area contributed by atoms with Gasteiger partial charge in [-0.15, -0.1) is 0 Å². The molecular formula is C19H24N4O7S. The molecule has 1 aliphatic heterocycles. The second-order valence-corrected chi connectivity index (χ2v) is 8.99. The summed E-state index contributed by atoms with van der Waals surface area (Å²) in [4.78, 5) is 40.1. The smallest absolute Gasteiger partial charge is 0.325 e. The van der Waals surface area contributed by atoms with Gasteiger partial charge in [0.25, 0.3) is 5.56 Å². The summed E-state index contributed by atoms with van der Waals surface area (Å²) in [5, 5.41) is 2.77. The molecule has 0 bridgehead atoms. The highest BCUT2D eigenvalue weighted by Crippen LogP contribution is 2.30. The number of sulfonamides is 1. The Morgan fingerprint density at radius 2 is 1.94 bits per heavy atom. The van der Waals surface area contributed by atoms with Crippen LogP contribution < -0.4 is 26.0 Å². The number of aryl methyl sites for hydroxylation is 1. The first kappa shape index (κ1) is 22.6. The van der Waals surface area contributed by atoms with Gasteiger partial charge in [-0.25, -0.2) is 13.2 Å². The number of nitrogens with one attached hydrogen (secondary N) is 3. The minimum Gasteiger partial charge on any atom is -0.497 e. The molecule has 0 aliphatic carbocycles. The van der Waals surface area contributed by atoms with E-state index < -0.39 is 32.1 Å². The first-order chi connectivity index (χ1) is 14.7. The van der Waals surface area contributed by atoms with Gasteiger partial charge in [0, 0.05) is 24.8 Å².